The van der Waals surface area contributed by atoms with E-state index in [9.17, 15) is 0 Å². The van der Waals surface area contributed by atoms with Crippen LogP contribution in [0.1, 0.15) is 33.6 Å². The molecule has 1 unspecified atom stereocenters. The maximum absolute atomic E-state index is 4.94. The Hall–Kier alpha value is -0.0800. The van der Waals surface area contributed by atoms with Gasteiger partial charge in [-0.15, -0.1) is 0 Å². The van der Waals surface area contributed by atoms with Crippen LogP contribution < -0.4 is 5.32 Å². The van der Waals surface area contributed by atoms with Gasteiger partial charge in [0.2, 0.25) is 0 Å². The van der Waals surface area contributed by atoms with Gasteiger partial charge in [-0.2, -0.15) is 0 Å². The van der Waals surface area contributed by atoms with E-state index >= 15 is 0 Å². The summed E-state index contributed by atoms with van der Waals surface area (Å²) in [6.45, 7) is 7.04. The highest BCUT2D eigenvalue weighted by Crippen LogP contribution is 1.95. The van der Waals surface area contributed by atoms with Crippen LogP contribution in [0, 0.1) is 0 Å². The standard InChI is InChI=1S/C7H17NO.C2H6/c1-4-7(8-2)5-6-9-3;1-2/h7-8H,4-6H2,1-3H3;1-2H3. The molecule has 0 aromatic heterocycles. The smallest absolute Gasteiger partial charge is 0.0477 e. The summed E-state index contributed by atoms with van der Waals surface area (Å²) in [6, 6.07) is 0.630. The van der Waals surface area contributed by atoms with E-state index in [1.807, 2.05) is 20.9 Å². The van der Waals surface area contributed by atoms with Gasteiger partial charge in [-0.3, -0.25) is 0 Å². The monoisotopic (exact) mass is 161 g/mol. The Morgan fingerprint density at radius 1 is 1.36 bits per heavy atom. The van der Waals surface area contributed by atoms with Gasteiger partial charge in [0.15, 0.2) is 0 Å². The van der Waals surface area contributed by atoms with Gasteiger partial charge in [-0.25, -0.2) is 0 Å². The molecule has 0 aromatic carbocycles. The van der Waals surface area contributed by atoms with E-state index in [4.69, 9.17) is 4.74 Å². The number of hydrogen-bond acceptors (Lipinski definition) is 2. The van der Waals surface area contributed by atoms with Gasteiger partial charge in [0, 0.05) is 19.8 Å². The second-order valence-electron chi connectivity index (χ2n) is 2.18. The third kappa shape index (κ3) is 9.92. The van der Waals surface area contributed by atoms with Gasteiger partial charge in [-0.1, -0.05) is 20.8 Å². The minimum absolute atomic E-state index is 0.630. The lowest BCUT2D eigenvalue weighted by molar-refractivity contribution is 0.183. The second kappa shape index (κ2) is 12.6. The van der Waals surface area contributed by atoms with Crippen LogP contribution in [-0.2, 0) is 4.74 Å². The fourth-order valence-electron chi connectivity index (χ4n) is 0.813. The van der Waals surface area contributed by atoms with Gasteiger partial charge in [0.25, 0.3) is 0 Å². The van der Waals surface area contributed by atoms with E-state index in [1.54, 1.807) is 7.11 Å². The Labute approximate surface area is 71.3 Å². The molecule has 0 bridgehead atoms. The minimum Gasteiger partial charge on any atom is -0.385 e. The van der Waals surface area contributed by atoms with Gasteiger partial charge in [0.05, 0.1) is 0 Å². The summed E-state index contributed by atoms with van der Waals surface area (Å²) in [5, 5.41) is 3.21. The SMILES string of the molecule is CC.CCC(CCOC)NC. The molecule has 0 radical (unpaired) electrons. The average molecular weight is 161 g/mol. The van der Waals surface area contributed by atoms with E-state index in [2.05, 4.69) is 12.2 Å². The third-order valence-corrected chi connectivity index (χ3v) is 1.57. The van der Waals surface area contributed by atoms with E-state index < -0.39 is 0 Å². The van der Waals surface area contributed by atoms with Crippen molar-refractivity contribution in [3.8, 4) is 0 Å². The highest BCUT2D eigenvalue weighted by Gasteiger charge is 1.99. The van der Waals surface area contributed by atoms with Crippen molar-refractivity contribution < 1.29 is 4.74 Å². The Morgan fingerprint density at radius 2 is 1.91 bits per heavy atom. The number of ether oxygens (including phenoxy) is 1. The van der Waals surface area contributed by atoms with Crippen LogP contribution in [0.15, 0.2) is 0 Å². The Kier molecular flexibility index (Phi) is 15.4. The fraction of sp³-hybridized carbons (Fsp3) is 1.00. The van der Waals surface area contributed by atoms with E-state index in [-0.39, 0.29) is 0 Å². The van der Waals surface area contributed by atoms with Gasteiger partial charge < -0.3 is 10.1 Å². The van der Waals surface area contributed by atoms with E-state index in [0.717, 1.165) is 13.0 Å². The molecule has 2 nitrogen and oxygen atoms in total. The molecule has 0 fully saturated rings. The van der Waals surface area contributed by atoms with Crippen molar-refractivity contribution in [3.05, 3.63) is 0 Å². The lowest BCUT2D eigenvalue weighted by atomic mass is 10.2. The first kappa shape index (κ1) is 13.5. The molecule has 0 spiro atoms. The molecule has 1 N–H and O–H groups in total. The van der Waals surface area contributed by atoms with Crippen LogP contribution >= 0.6 is 0 Å². The van der Waals surface area contributed by atoms with Crippen LogP contribution in [0.5, 0.6) is 0 Å². The van der Waals surface area contributed by atoms with Crippen LogP contribution in [0.4, 0.5) is 0 Å². The van der Waals surface area contributed by atoms with Crippen LogP contribution in [0.3, 0.4) is 0 Å². The first-order chi connectivity index (χ1) is 5.35. The van der Waals surface area contributed by atoms with Crippen molar-refractivity contribution in [2.24, 2.45) is 0 Å². The molecule has 0 heterocycles. The van der Waals surface area contributed by atoms with Crippen molar-refractivity contribution in [1.29, 1.82) is 0 Å². The highest BCUT2D eigenvalue weighted by molar-refractivity contribution is 4.59. The first-order valence-electron chi connectivity index (χ1n) is 4.51. The average Bonchev–Trinajstić information content (AvgIpc) is 2.10. The quantitative estimate of drug-likeness (QED) is 0.666. The number of hydrogen-bond donors (Lipinski definition) is 1. The number of nitrogens with one attached hydrogen (secondary N) is 1. The summed E-state index contributed by atoms with van der Waals surface area (Å²) in [4.78, 5) is 0. The van der Waals surface area contributed by atoms with E-state index in [1.165, 1.54) is 6.42 Å². The molecule has 11 heavy (non-hydrogen) atoms. The topological polar surface area (TPSA) is 21.3 Å². The van der Waals surface area contributed by atoms with Crippen LogP contribution in [0.2, 0.25) is 0 Å². The Morgan fingerprint density at radius 3 is 2.18 bits per heavy atom. The van der Waals surface area contributed by atoms with Crippen molar-refractivity contribution in [3.63, 3.8) is 0 Å². The van der Waals surface area contributed by atoms with Crippen molar-refractivity contribution in [2.75, 3.05) is 20.8 Å². The molecule has 2 heteroatoms. The maximum Gasteiger partial charge on any atom is 0.0477 e. The predicted octanol–water partition coefficient (Wildman–Crippen LogP) is 2.05. The zero-order valence-corrected chi connectivity index (χ0v) is 8.61. The Bertz CT molecular complexity index is 53.5. The summed E-state index contributed by atoms with van der Waals surface area (Å²) in [7, 11) is 3.73. The van der Waals surface area contributed by atoms with Gasteiger partial charge in [-0.05, 0) is 19.9 Å². The second-order valence-corrected chi connectivity index (χ2v) is 2.18. The van der Waals surface area contributed by atoms with E-state index in [0.29, 0.717) is 6.04 Å². The molecule has 70 valence electrons. The minimum atomic E-state index is 0.630. The molecule has 0 aliphatic heterocycles. The number of methoxy groups -OCH3 is 1. The highest BCUT2D eigenvalue weighted by atomic mass is 16.5. The van der Waals surface area contributed by atoms with Crippen molar-refractivity contribution >= 4 is 0 Å². The molecule has 0 saturated heterocycles. The molecule has 0 aromatic rings. The summed E-state index contributed by atoms with van der Waals surface area (Å²) < 4.78 is 4.94. The lowest BCUT2D eigenvalue weighted by Crippen LogP contribution is -2.25. The normalized spacial score (nSPS) is 11.7. The summed E-state index contributed by atoms with van der Waals surface area (Å²) in [5.74, 6) is 0. The fourth-order valence-corrected chi connectivity index (χ4v) is 0.813. The largest absolute Gasteiger partial charge is 0.385 e. The predicted molar refractivity (Wildman–Crippen MR) is 51.0 cm³/mol. The third-order valence-electron chi connectivity index (χ3n) is 1.57. The first-order valence-corrected chi connectivity index (χ1v) is 4.51. The molecule has 0 aliphatic carbocycles. The molecular weight excluding hydrogens is 138 g/mol. The molecule has 1 atom stereocenters. The zero-order chi connectivity index (χ0) is 9.11. The molecular formula is C9H23NO. The molecule has 0 rings (SSSR count). The summed E-state index contributed by atoms with van der Waals surface area (Å²) in [6.07, 6.45) is 2.30. The van der Waals surface area contributed by atoms with Crippen molar-refractivity contribution in [2.45, 2.75) is 39.7 Å². The zero-order valence-electron chi connectivity index (χ0n) is 8.61. The van der Waals surface area contributed by atoms with Gasteiger partial charge in [0.1, 0.15) is 0 Å². The summed E-state index contributed by atoms with van der Waals surface area (Å²) in [5.41, 5.74) is 0. The van der Waals surface area contributed by atoms with Gasteiger partial charge >= 0.3 is 0 Å². The molecule has 0 amide bonds. The molecule has 0 saturated carbocycles. The maximum atomic E-state index is 4.94. The number of rotatable bonds is 5. The summed E-state index contributed by atoms with van der Waals surface area (Å²) >= 11 is 0. The molecule has 0 aliphatic rings. The van der Waals surface area contributed by atoms with Crippen molar-refractivity contribution in [1.82, 2.24) is 5.32 Å². The lowest BCUT2D eigenvalue weighted by Gasteiger charge is -2.11. The Balaban J connectivity index is 0. The van der Waals surface area contributed by atoms with Crippen LogP contribution in [0.25, 0.3) is 0 Å². The van der Waals surface area contributed by atoms with Crippen LogP contribution in [-0.4, -0.2) is 26.8 Å².